The highest BCUT2D eigenvalue weighted by atomic mass is 79.9. The number of fused-ring (bicyclic) bond motifs is 1. The molecule has 28 heavy (non-hydrogen) atoms. The largest absolute Gasteiger partial charge is 0.331 e. The molecule has 3 aromatic rings. The van der Waals surface area contributed by atoms with E-state index < -0.39 is 0 Å². The summed E-state index contributed by atoms with van der Waals surface area (Å²) in [7, 11) is 0. The number of aromatic nitrogens is 3. The number of hydrogen-bond donors (Lipinski definition) is 0. The zero-order chi connectivity index (χ0) is 19.7. The van der Waals surface area contributed by atoms with Crippen molar-refractivity contribution < 1.29 is 4.79 Å². The van der Waals surface area contributed by atoms with Gasteiger partial charge in [0.2, 0.25) is 0 Å². The average molecular weight is 441 g/mol. The molecule has 0 N–H and O–H groups in total. The number of pyridine rings is 1. The van der Waals surface area contributed by atoms with Crippen molar-refractivity contribution in [2.75, 3.05) is 6.54 Å². The van der Waals surface area contributed by atoms with Crippen LogP contribution in [0.2, 0.25) is 0 Å². The van der Waals surface area contributed by atoms with E-state index in [0.717, 1.165) is 40.0 Å². The van der Waals surface area contributed by atoms with Crippen molar-refractivity contribution in [1.82, 2.24) is 19.4 Å². The zero-order valence-corrected chi connectivity index (χ0v) is 17.9. The monoisotopic (exact) mass is 440 g/mol. The van der Waals surface area contributed by atoms with E-state index in [1.807, 2.05) is 48.4 Å². The molecular weight excluding hydrogens is 416 g/mol. The molecule has 0 atom stereocenters. The summed E-state index contributed by atoms with van der Waals surface area (Å²) in [5.41, 5.74) is 3.65. The Labute approximate surface area is 173 Å². The highest BCUT2D eigenvalue weighted by Gasteiger charge is 2.26. The molecule has 1 saturated carbocycles. The van der Waals surface area contributed by atoms with E-state index in [9.17, 15) is 4.79 Å². The average Bonchev–Trinajstić information content (AvgIpc) is 3.45. The quantitative estimate of drug-likeness (QED) is 0.521. The summed E-state index contributed by atoms with van der Waals surface area (Å²) in [6, 6.07) is 9.71. The molecule has 1 aliphatic rings. The van der Waals surface area contributed by atoms with Crippen molar-refractivity contribution >= 4 is 33.0 Å². The lowest BCUT2D eigenvalue weighted by molar-refractivity contribution is 0.0737. The van der Waals surface area contributed by atoms with Gasteiger partial charge in [-0.15, -0.1) is 0 Å². The fourth-order valence-electron chi connectivity index (χ4n) is 3.48. The van der Waals surface area contributed by atoms with E-state index in [0.29, 0.717) is 24.6 Å². The van der Waals surface area contributed by atoms with Crippen LogP contribution in [0.15, 0.2) is 41.0 Å². The van der Waals surface area contributed by atoms with Gasteiger partial charge in [-0.05, 0) is 61.9 Å². The van der Waals surface area contributed by atoms with Gasteiger partial charge in [-0.25, -0.2) is 9.97 Å². The summed E-state index contributed by atoms with van der Waals surface area (Å²) < 4.78 is 3.17. The van der Waals surface area contributed by atoms with E-state index in [1.165, 1.54) is 12.8 Å². The number of imidazole rings is 1. The Kier molecular flexibility index (Phi) is 5.49. The Hall–Kier alpha value is -2.21. The number of amides is 1. The van der Waals surface area contributed by atoms with E-state index >= 15 is 0 Å². The Bertz CT molecular complexity index is 1010. The van der Waals surface area contributed by atoms with Crippen molar-refractivity contribution in [2.24, 2.45) is 5.92 Å². The molecule has 0 spiro atoms. The standard InChI is InChI=1S/C22H25BrN4O/c1-3-11-26(22(28)17-9-6-15(2)18(23)12-17)14-20-25-19-5-4-10-24-21(19)27(20)13-16-7-8-16/h4-6,9-10,12,16H,3,7-8,11,13-14H2,1-2H3. The number of carbonyl (C=O) groups is 1. The Morgan fingerprint density at radius 3 is 2.86 bits per heavy atom. The molecule has 0 unspecified atom stereocenters. The van der Waals surface area contributed by atoms with Gasteiger partial charge in [-0.2, -0.15) is 0 Å². The molecule has 0 aliphatic heterocycles. The van der Waals surface area contributed by atoms with Gasteiger partial charge in [-0.1, -0.05) is 28.9 Å². The van der Waals surface area contributed by atoms with Gasteiger partial charge in [-0.3, -0.25) is 4.79 Å². The van der Waals surface area contributed by atoms with Crippen molar-refractivity contribution in [3.05, 3.63) is 58.0 Å². The Morgan fingerprint density at radius 2 is 2.14 bits per heavy atom. The molecule has 1 amide bonds. The molecule has 0 bridgehead atoms. The SMILES string of the molecule is CCCN(Cc1nc2cccnc2n1CC1CC1)C(=O)c1ccc(C)c(Br)c1. The first kappa shape index (κ1) is 19.1. The molecule has 146 valence electrons. The predicted molar refractivity (Wildman–Crippen MR) is 114 cm³/mol. The van der Waals surface area contributed by atoms with Gasteiger partial charge in [0, 0.05) is 29.3 Å². The Morgan fingerprint density at radius 1 is 1.32 bits per heavy atom. The number of hydrogen-bond acceptors (Lipinski definition) is 3. The fraction of sp³-hybridized carbons (Fsp3) is 0.409. The summed E-state index contributed by atoms with van der Waals surface area (Å²) >= 11 is 3.54. The van der Waals surface area contributed by atoms with Gasteiger partial charge in [0.25, 0.3) is 5.91 Å². The molecule has 5 nitrogen and oxygen atoms in total. The maximum absolute atomic E-state index is 13.2. The topological polar surface area (TPSA) is 51.0 Å². The van der Waals surface area contributed by atoms with Gasteiger partial charge >= 0.3 is 0 Å². The van der Waals surface area contributed by atoms with Crippen LogP contribution in [0, 0.1) is 12.8 Å². The summed E-state index contributed by atoms with van der Waals surface area (Å²) in [6.45, 7) is 6.26. The zero-order valence-electron chi connectivity index (χ0n) is 16.4. The first-order chi connectivity index (χ1) is 13.6. The van der Waals surface area contributed by atoms with Crippen molar-refractivity contribution in [1.29, 1.82) is 0 Å². The molecule has 6 heteroatoms. The molecule has 2 aromatic heterocycles. The van der Waals surface area contributed by atoms with E-state index in [4.69, 9.17) is 4.98 Å². The first-order valence-corrected chi connectivity index (χ1v) is 10.7. The number of aryl methyl sites for hydroxylation is 1. The summed E-state index contributed by atoms with van der Waals surface area (Å²) in [5, 5.41) is 0. The van der Waals surface area contributed by atoms with Crippen LogP contribution in [0.4, 0.5) is 0 Å². The minimum Gasteiger partial charge on any atom is -0.331 e. The number of carbonyl (C=O) groups excluding carboxylic acids is 1. The van der Waals surface area contributed by atoms with Gasteiger partial charge in [0.1, 0.15) is 11.3 Å². The van der Waals surface area contributed by atoms with Crippen LogP contribution in [0.25, 0.3) is 11.2 Å². The van der Waals surface area contributed by atoms with E-state index in [2.05, 4.69) is 32.4 Å². The molecule has 4 rings (SSSR count). The number of halogens is 1. The highest BCUT2D eigenvalue weighted by molar-refractivity contribution is 9.10. The third-order valence-corrected chi connectivity index (χ3v) is 6.11. The summed E-state index contributed by atoms with van der Waals surface area (Å²) in [6.07, 6.45) is 5.25. The lowest BCUT2D eigenvalue weighted by Gasteiger charge is -2.23. The lowest BCUT2D eigenvalue weighted by atomic mass is 10.1. The molecule has 0 saturated heterocycles. The second-order valence-corrected chi connectivity index (χ2v) is 8.47. The van der Waals surface area contributed by atoms with Crippen molar-refractivity contribution in [3.8, 4) is 0 Å². The van der Waals surface area contributed by atoms with Crippen molar-refractivity contribution in [2.45, 2.75) is 46.2 Å². The second-order valence-electron chi connectivity index (χ2n) is 7.62. The molecule has 2 heterocycles. The summed E-state index contributed by atoms with van der Waals surface area (Å²) in [4.78, 5) is 24.5. The Balaban J connectivity index is 1.65. The smallest absolute Gasteiger partial charge is 0.254 e. The molecular formula is C22H25BrN4O. The lowest BCUT2D eigenvalue weighted by Crippen LogP contribution is -2.32. The maximum atomic E-state index is 13.2. The van der Waals surface area contributed by atoms with Gasteiger partial charge < -0.3 is 9.47 Å². The van der Waals surface area contributed by atoms with Crippen molar-refractivity contribution in [3.63, 3.8) is 0 Å². The second kappa shape index (κ2) is 8.03. The highest BCUT2D eigenvalue weighted by Crippen LogP contribution is 2.32. The molecule has 1 aliphatic carbocycles. The third kappa shape index (κ3) is 3.97. The fourth-order valence-corrected chi connectivity index (χ4v) is 3.86. The number of benzene rings is 1. The van der Waals surface area contributed by atoms with Crippen LogP contribution < -0.4 is 0 Å². The van der Waals surface area contributed by atoms with Crippen LogP contribution >= 0.6 is 15.9 Å². The normalized spacial score (nSPS) is 13.8. The minimum atomic E-state index is 0.0422. The maximum Gasteiger partial charge on any atom is 0.254 e. The van der Waals surface area contributed by atoms with E-state index in [1.54, 1.807) is 0 Å². The number of nitrogens with zero attached hydrogens (tertiary/aromatic N) is 4. The molecule has 1 fully saturated rings. The van der Waals surface area contributed by atoms with Crippen LogP contribution in [0.5, 0.6) is 0 Å². The van der Waals surface area contributed by atoms with Crippen LogP contribution in [0.3, 0.4) is 0 Å². The molecule has 0 radical (unpaired) electrons. The van der Waals surface area contributed by atoms with Gasteiger partial charge in [0.15, 0.2) is 5.65 Å². The summed E-state index contributed by atoms with van der Waals surface area (Å²) in [5.74, 6) is 1.68. The predicted octanol–water partition coefficient (Wildman–Crippen LogP) is 4.96. The number of rotatable bonds is 7. The van der Waals surface area contributed by atoms with Crippen LogP contribution in [-0.4, -0.2) is 31.9 Å². The van der Waals surface area contributed by atoms with Gasteiger partial charge in [0.05, 0.1) is 6.54 Å². The first-order valence-electron chi connectivity index (χ1n) is 9.92. The van der Waals surface area contributed by atoms with E-state index in [-0.39, 0.29) is 5.91 Å². The molecule has 1 aromatic carbocycles. The minimum absolute atomic E-state index is 0.0422. The van der Waals surface area contributed by atoms with Crippen LogP contribution in [-0.2, 0) is 13.1 Å². The third-order valence-electron chi connectivity index (χ3n) is 5.25. The van der Waals surface area contributed by atoms with Crippen LogP contribution in [0.1, 0.15) is 47.9 Å².